The minimum absolute atomic E-state index is 0.0813. The molecule has 1 aromatic carbocycles. The lowest BCUT2D eigenvalue weighted by atomic mass is 10.1. The van der Waals surface area contributed by atoms with Gasteiger partial charge in [0.05, 0.1) is 15.9 Å². The van der Waals surface area contributed by atoms with E-state index in [2.05, 4.69) is 26.3 Å². The summed E-state index contributed by atoms with van der Waals surface area (Å²) in [6, 6.07) is 6.74. The van der Waals surface area contributed by atoms with Crippen LogP contribution in [-0.4, -0.2) is 9.78 Å². The summed E-state index contributed by atoms with van der Waals surface area (Å²) >= 11 is 3.54. The van der Waals surface area contributed by atoms with Gasteiger partial charge in [-0.25, -0.2) is 4.39 Å². The van der Waals surface area contributed by atoms with Gasteiger partial charge in [-0.1, -0.05) is 12.1 Å². The van der Waals surface area contributed by atoms with Gasteiger partial charge in [0, 0.05) is 19.6 Å². The van der Waals surface area contributed by atoms with Crippen molar-refractivity contribution >= 4 is 15.9 Å². The summed E-state index contributed by atoms with van der Waals surface area (Å²) in [4.78, 5) is 0. The Hall–Kier alpha value is -1.20. The highest BCUT2D eigenvalue weighted by molar-refractivity contribution is 9.10. The molecular formula is C14H17BrFN3. The van der Waals surface area contributed by atoms with Crippen LogP contribution in [0.5, 0.6) is 0 Å². The Balaban J connectivity index is 2.06. The highest BCUT2D eigenvalue weighted by Gasteiger charge is 2.12. The maximum Gasteiger partial charge on any atom is 0.123 e. The van der Waals surface area contributed by atoms with Crippen molar-refractivity contribution in [1.82, 2.24) is 15.1 Å². The molecule has 0 saturated carbocycles. The quantitative estimate of drug-likeness (QED) is 0.932. The van der Waals surface area contributed by atoms with Gasteiger partial charge in [0.1, 0.15) is 5.82 Å². The van der Waals surface area contributed by atoms with E-state index in [1.165, 1.54) is 6.07 Å². The molecule has 2 aromatic rings. The van der Waals surface area contributed by atoms with E-state index in [9.17, 15) is 4.39 Å². The topological polar surface area (TPSA) is 29.9 Å². The molecule has 5 heteroatoms. The van der Waals surface area contributed by atoms with E-state index < -0.39 is 0 Å². The second-order valence-electron chi connectivity index (χ2n) is 4.63. The van der Waals surface area contributed by atoms with Gasteiger partial charge in [-0.15, -0.1) is 0 Å². The highest BCUT2D eigenvalue weighted by Crippen LogP contribution is 2.21. The first-order valence-corrected chi connectivity index (χ1v) is 6.95. The second-order valence-corrected chi connectivity index (χ2v) is 5.42. The molecule has 0 radical (unpaired) electrons. The van der Waals surface area contributed by atoms with Crippen LogP contribution in [0.4, 0.5) is 4.39 Å². The van der Waals surface area contributed by atoms with Crippen LogP contribution in [0.1, 0.15) is 29.9 Å². The highest BCUT2D eigenvalue weighted by atomic mass is 79.9. The van der Waals surface area contributed by atoms with Crippen molar-refractivity contribution in [2.45, 2.75) is 26.4 Å². The standard InChI is InChI=1S/C14H17BrFN3/c1-9(11-5-4-6-12(16)7-11)17-8-13-14(15)10(2)18-19(13)3/h4-7,9,17H,8H2,1-3H3. The number of halogens is 2. The Morgan fingerprint density at radius 1 is 1.47 bits per heavy atom. The maximum atomic E-state index is 13.2. The van der Waals surface area contributed by atoms with E-state index in [-0.39, 0.29) is 11.9 Å². The molecule has 1 aromatic heterocycles. The Kier molecular flexibility index (Phi) is 4.37. The molecular weight excluding hydrogens is 309 g/mol. The summed E-state index contributed by atoms with van der Waals surface area (Å²) in [6.07, 6.45) is 0. The van der Waals surface area contributed by atoms with Crippen LogP contribution in [0.15, 0.2) is 28.7 Å². The minimum Gasteiger partial charge on any atom is -0.305 e. The zero-order chi connectivity index (χ0) is 14.0. The number of hydrogen-bond acceptors (Lipinski definition) is 2. The van der Waals surface area contributed by atoms with Gasteiger partial charge in [-0.2, -0.15) is 5.10 Å². The van der Waals surface area contributed by atoms with E-state index >= 15 is 0 Å². The molecule has 0 aliphatic heterocycles. The van der Waals surface area contributed by atoms with Crippen molar-refractivity contribution < 1.29 is 4.39 Å². The predicted octanol–water partition coefficient (Wildman–Crippen LogP) is 3.48. The van der Waals surface area contributed by atoms with Gasteiger partial charge in [-0.05, 0) is 47.5 Å². The number of nitrogens with one attached hydrogen (secondary N) is 1. The van der Waals surface area contributed by atoms with Gasteiger partial charge >= 0.3 is 0 Å². The number of rotatable bonds is 4. The third-order valence-electron chi connectivity index (χ3n) is 3.19. The van der Waals surface area contributed by atoms with E-state index in [1.54, 1.807) is 12.1 Å². The van der Waals surface area contributed by atoms with Crippen molar-refractivity contribution in [3.8, 4) is 0 Å². The molecule has 1 atom stereocenters. The molecule has 0 spiro atoms. The zero-order valence-electron chi connectivity index (χ0n) is 11.2. The van der Waals surface area contributed by atoms with Crippen LogP contribution in [0.3, 0.4) is 0 Å². The van der Waals surface area contributed by atoms with Crippen molar-refractivity contribution in [3.05, 3.63) is 51.5 Å². The fourth-order valence-corrected chi connectivity index (χ4v) is 2.49. The molecule has 0 amide bonds. The molecule has 0 aliphatic carbocycles. The molecule has 1 heterocycles. The molecule has 1 unspecified atom stereocenters. The summed E-state index contributed by atoms with van der Waals surface area (Å²) in [5.41, 5.74) is 2.99. The lowest BCUT2D eigenvalue weighted by molar-refractivity contribution is 0.541. The molecule has 2 rings (SSSR count). The van der Waals surface area contributed by atoms with E-state index in [4.69, 9.17) is 0 Å². The fraction of sp³-hybridized carbons (Fsp3) is 0.357. The third kappa shape index (κ3) is 3.22. The molecule has 19 heavy (non-hydrogen) atoms. The Morgan fingerprint density at radius 3 is 2.79 bits per heavy atom. The summed E-state index contributed by atoms with van der Waals surface area (Å²) in [7, 11) is 1.92. The predicted molar refractivity (Wildman–Crippen MR) is 77.3 cm³/mol. The summed E-state index contributed by atoms with van der Waals surface area (Å²) in [5.74, 6) is -0.205. The number of nitrogens with zero attached hydrogens (tertiary/aromatic N) is 2. The summed E-state index contributed by atoms with van der Waals surface area (Å²) < 4.78 is 16.0. The van der Waals surface area contributed by atoms with Gasteiger partial charge in [0.15, 0.2) is 0 Å². The van der Waals surface area contributed by atoms with E-state index in [0.29, 0.717) is 6.54 Å². The molecule has 0 bridgehead atoms. The SMILES string of the molecule is Cc1nn(C)c(CNC(C)c2cccc(F)c2)c1Br. The number of aromatic nitrogens is 2. The first-order valence-electron chi connectivity index (χ1n) is 6.16. The van der Waals surface area contributed by atoms with Gasteiger partial charge in [0.25, 0.3) is 0 Å². The lowest BCUT2D eigenvalue weighted by Crippen LogP contribution is -2.20. The Bertz CT molecular complexity index is 580. The average molecular weight is 326 g/mol. The van der Waals surface area contributed by atoms with Gasteiger partial charge in [0.2, 0.25) is 0 Å². The number of benzene rings is 1. The Morgan fingerprint density at radius 2 is 2.21 bits per heavy atom. The monoisotopic (exact) mass is 325 g/mol. The largest absolute Gasteiger partial charge is 0.305 e. The van der Waals surface area contributed by atoms with Crippen LogP contribution >= 0.6 is 15.9 Å². The van der Waals surface area contributed by atoms with Crippen molar-refractivity contribution in [3.63, 3.8) is 0 Å². The zero-order valence-corrected chi connectivity index (χ0v) is 12.8. The minimum atomic E-state index is -0.205. The third-order valence-corrected chi connectivity index (χ3v) is 4.22. The van der Waals surface area contributed by atoms with Crippen LogP contribution in [0, 0.1) is 12.7 Å². The average Bonchev–Trinajstić information content (AvgIpc) is 2.61. The summed E-state index contributed by atoms with van der Waals surface area (Å²) in [6.45, 7) is 4.66. The van der Waals surface area contributed by atoms with Crippen LogP contribution in [0.25, 0.3) is 0 Å². The summed E-state index contributed by atoms with van der Waals surface area (Å²) in [5, 5.41) is 7.73. The normalized spacial score (nSPS) is 12.7. The van der Waals surface area contributed by atoms with Crippen LogP contribution < -0.4 is 5.32 Å². The van der Waals surface area contributed by atoms with Crippen molar-refractivity contribution in [2.75, 3.05) is 0 Å². The first-order chi connectivity index (χ1) is 8.99. The molecule has 0 fully saturated rings. The maximum absolute atomic E-state index is 13.2. The van der Waals surface area contributed by atoms with Crippen molar-refractivity contribution in [1.29, 1.82) is 0 Å². The molecule has 0 aliphatic rings. The Labute approximate surface area is 121 Å². The number of aryl methyl sites for hydroxylation is 2. The molecule has 3 nitrogen and oxygen atoms in total. The van der Waals surface area contributed by atoms with E-state index in [1.807, 2.05) is 31.6 Å². The first kappa shape index (κ1) is 14.2. The van der Waals surface area contributed by atoms with Crippen LogP contribution in [-0.2, 0) is 13.6 Å². The smallest absolute Gasteiger partial charge is 0.123 e. The fourth-order valence-electron chi connectivity index (χ4n) is 2.02. The number of hydrogen-bond donors (Lipinski definition) is 1. The molecule has 1 N–H and O–H groups in total. The van der Waals surface area contributed by atoms with Crippen molar-refractivity contribution in [2.24, 2.45) is 7.05 Å². The lowest BCUT2D eigenvalue weighted by Gasteiger charge is -2.14. The second kappa shape index (κ2) is 5.84. The molecule has 0 saturated heterocycles. The van der Waals surface area contributed by atoms with E-state index in [0.717, 1.165) is 21.4 Å². The van der Waals surface area contributed by atoms with Crippen LogP contribution in [0.2, 0.25) is 0 Å². The molecule has 102 valence electrons. The van der Waals surface area contributed by atoms with Gasteiger partial charge < -0.3 is 5.32 Å². The van der Waals surface area contributed by atoms with Gasteiger partial charge in [-0.3, -0.25) is 4.68 Å².